The number of nitrogens with two attached hydrogens (primary N) is 2. The highest BCUT2D eigenvalue weighted by Crippen LogP contribution is 2.43. The van der Waals surface area contributed by atoms with Crippen LogP contribution in [0.2, 0.25) is 0 Å². The first-order chi connectivity index (χ1) is 10.3. The van der Waals surface area contributed by atoms with Crippen molar-refractivity contribution >= 4 is 27.8 Å². The summed E-state index contributed by atoms with van der Waals surface area (Å²) in [4.78, 5) is 20.5. The van der Waals surface area contributed by atoms with Crippen molar-refractivity contribution in [2.75, 3.05) is 7.11 Å². The molecule has 7 nitrogen and oxygen atoms in total. The summed E-state index contributed by atoms with van der Waals surface area (Å²) in [5.41, 5.74) is 14.1. The van der Waals surface area contributed by atoms with Gasteiger partial charge in [-0.1, -0.05) is 15.9 Å². The first-order valence-corrected chi connectivity index (χ1v) is 7.57. The van der Waals surface area contributed by atoms with E-state index in [1.54, 1.807) is 18.2 Å². The SMILES string of the molecule is CONC1c2cc(C(=O)N=C(N)N)ccc2OC(C)(C)C1Br. The monoisotopic (exact) mass is 370 g/mol. The van der Waals surface area contributed by atoms with Gasteiger partial charge in [0.05, 0.1) is 18.0 Å². The Balaban J connectivity index is 2.46. The number of guanidine groups is 1. The van der Waals surface area contributed by atoms with E-state index in [-0.39, 0.29) is 16.8 Å². The average Bonchev–Trinajstić information content (AvgIpc) is 2.42. The summed E-state index contributed by atoms with van der Waals surface area (Å²) >= 11 is 3.63. The second kappa shape index (κ2) is 6.23. The molecule has 1 heterocycles. The molecular weight excluding hydrogens is 352 g/mol. The largest absolute Gasteiger partial charge is 0.486 e. The van der Waals surface area contributed by atoms with Crippen LogP contribution in [0.4, 0.5) is 0 Å². The summed E-state index contributed by atoms with van der Waals surface area (Å²) in [5, 5.41) is 0. The third kappa shape index (κ3) is 3.23. The Morgan fingerprint density at radius 3 is 2.73 bits per heavy atom. The lowest BCUT2D eigenvalue weighted by atomic mass is 9.89. The topological polar surface area (TPSA) is 112 Å². The number of rotatable bonds is 3. The highest BCUT2D eigenvalue weighted by atomic mass is 79.9. The first-order valence-electron chi connectivity index (χ1n) is 6.65. The van der Waals surface area contributed by atoms with Crippen molar-refractivity contribution in [3.05, 3.63) is 29.3 Å². The lowest BCUT2D eigenvalue weighted by molar-refractivity contribution is 0.0103. The van der Waals surface area contributed by atoms with Crippen molar-refractivity contribution in [2.45, 2.75) is 30.3 Å². The van der Waals surface area contributed by atoms with Crippen molar-refractivity contribution < 1.29 is 14.4 Å². The smallest absolute Gasteiger partial charge is 0.280 e. The molecule has 0 saturated heterocycles. The Morgan fingerprint density at radius 1 is 1.45 bits per heavy atom. The fraction of sp³-hybridized carbons (Fsp3) is 0.429. The molecule has 8 heteroatoms. The molecule has 22 heavy (non-hydrogen) atoms. The third-order valence-electron chi connectivity index (χ3n) is 3.40. The number of hydroxylamine groups is 1. The van der Waals surface area contributed by atoms with E-state index >= 15 is 0 Å². The van der Waals surface area contributed by atoms with Crippen LogP contribution in [0.1, 0.15) is 35.8 Å². The zero-order valence-corrected chi connectivity index (χ0v) is 14.2. The lowest BCUT2D eigenvalue weighted by Gasteiger charge is -2.42. The molecule has 0 saturated carbocycles. The van der Waals surface area contributed by atoms with Crippen LogP contribution in [-0.2, 0) is 4.84 Å². The van der Waals surface area contributed by atoms with E-state index in [9.17, 15) is 4.79 Å². The predicted molar refractivity (Wildman–Crippen MR) is 86.9 cm³/mol. The van der Waals surface area contributed by atoms with Crippen LogP contribution in [0.25, 0.3) is 0 Å². The molecule has 1 aromatic rings. The van der Waals surface area contributed by atoms with Gasteiger partial charge in [0.2, 0.25) is 0 Å². The Bertz CT molecular complexity index is 614. The summed E-state index contributed by atoms with van der Waals surface area (Å²) in [6.45, 7) is 3.94. The minimum absolute atomic E-state index is 0.0686. The number of amides is 1. The van der Waals surface area contributed by atoms with Gasteiger partial charge >= 0.3 is 0 Å². The molecule has 0 fully saturated rings. The van der Waals surface area contributed by atoms with Gasteiger partial charge in [0.15, 0.2) is 5.96 Å². The maximum Gasteiger partial charge on any atom is 0.280 e. The van der Waals surface area contributed by atoms with Gasteiger partial charge in [-0.2, -0.15) is 10.5 Å². The highest BCUT2D eigenvalue weighted by Gasteiger charge is 2.42. The first kappa shape index (κ1) is 16.7. The molecule has 0 aliphatic carbocycles. The molecule has 2 unspecified atom stereocenters. The number of carbonyl (C=O) groups excluding carboxylic acids is 1. The number of carbonyl (C=O) groups is 1. The minimum atomic E-state index is -0.505. The van der Waals surface area contributed by atoms with Gasteiger partial charge in [0.1, 0.15) is 11.4 Å². The summed E-state index contributed by atoms with van der Waals surface area (Å²) < 4.78 is 5.99. The van der Waals surface area contributed by atoms with Gasteiger partial charge in [0.25, 0.3) is 5.91 Å². The number of benzene rings is 1. The number of fused-ring (bicyclic) bond motifs is 1. The molecule has 0 bridgehead atoms. The van der Waals surface area contributed by atoms with E-state index in [2.05, 4.69) is 26.4 Å². The van der Waals surface area contributed by atoms with Gasteiger partial charge in [0, 0.05) is 11.1 Å². The predicted octanol–water partition coefficient (Wildman–Crippen LogP) is 1.23. The molecule has 0 spiro atoms. The molecule has 2 rings (SSSR count). The zero-order chi connectivity index (χ0) is 16.5. The molecule has 1 aliphatic rings. The molecule has 1 aliphatic heterocycles. The number of nitrogens with zero attached hydrogens (tertiary/aromatic N) is 1. The van der Waals surface area contributed by atoms with Gasteiger partial charge in [-0.05, 0) is 32.0 Å². The van der Waals surface area contributed by atoms with Gasteiger partial charge in [-0.15, -0.1) is 0 Å². The molecule has 1 aromatic carbocycles. The molecule has 120 valence electrons. The quantitative estimate of drug-likeness (QED) is 0.319. The van der Waals surface area contributed by atoms with Crippen LogP contribution in [-0.4, -0.2) is 29.4 Å². The molecular formula is C14H19BrN4O3. The molecule has 1 amide bonds. The van der Waals surface area contributed by atoms with Gasteiger partial charge in [-0.25, -0.2) is 0 Å². The van der Waals surface area contributed by atoms with E-state index in [4.69, 9.17) is 21.0 Å². The van der Waals surface area contributed by atoms with Crippen molar-refractivity contribution in [1.82, 2.24) is 5.48 Å². The Hall–Kier alpha value is -1.64. The van der Waals surface area contributed by atoms with Crippen molar-refractivity contribution in [1.29, 1.82) is 0 Å². The Kier molecular flexibility index (Phi) is 4.74. The lowest BCUT2D eigenvalue weighted by Crippen LogP contribution is -2.49. The van der Waals surface area contributed by atoms with Crippen LogP contribution in [0.5, 0.6) is 5.75 Å². The molecule has 2 atom stereocenters. The van der Waals surface area contributed by atoms with E-state index in [0.717, 1.165) is 5.56 Å². The Morgan fingerprint density at radius 2 is 2.14 bits per heavy atom. The van der Waals surface area contributed by atoms with Crippen LogP contribution in [0.3, 0.4) is 0 Å². The summed E-state index contributed by atoms with van der Waals surface area (Å²) in [5.74, 6) is -0.100. The molecule has 0 aromatic heterocycles. The second-order valence-electron chi connectivity index (χ2n) is 5.50. The van der Waals surface area contributed by atoms with Gasteiger partial charge < -0.3 is 21.0 Å². The average molecular weight is 371 g/mol. The third-order valence-corrected chi connectivity index (χ3v) is 5.03. The summed E-state index contributed by atoms with van der Waals surface area (Å²) in [6.07, 6.45) is 0. The summed E-state index contributed by atoms with van der Waals surface area (Å²) in [7, 11) is 1.54. The van der Waals surface area contributed by atoms with E-state index < -0.39 is 11.5 Å². The minimum Gasteiger partial charge on any atom is -0.486 e. The Labute approximate surface area is 137 Å². The number of alkyl halides is 1. The molecule has 0 radical (unpaired) electrons. The number of halogens is 1. The fourth-order valence-corrected chi connectivity index (χ4v) is 2.83. The zero-order valence-electron chi connectivity index (χ0n) is 12.6. The maximum absolute atomic E-state index is 12.0. The highest BCUT2D eigenvalue weighted by molar-refractivity contribution is 9.09. The van der Waals surface area contributed by atoms with Gasteiger partial charge in [-0.3, -0.25) is 4.79 Å². The standard InChI is InChI=1S/C14H19BrN4O3/c1-14(2)11(15)10(19-21-3)8-6-7(4-5-9(8)22-14)12(20)18-13(16)17/h4-6,10-11,19H,1-3H3,(H4,16,17,18,20). The molecule has 5 N–H and O–H groups in total. The summed E-state index contributed by atoms with van der Waals surface area (Å²) in [6, 6.07) is 4.86. The van der Waals surface area contributed by atoms with E-state index in [0.29, 0.717) is 11.3 Å². The van der Waals surface area contributed by atoms with Crippen molar-refractivity contribution in [2.24, 2.45) is 16.5 Å². The second-order valence-corrected chi connectivity index (χ2v) is 6.49. The fourth-order valence-electron chi connectivity index (χ4n) is 2.35. The normalized spacial score (nSPS) is 22.4. The van der Waals surface area contributed by atoms with E-state index in [1.165, 1.54) is 7.11 Å². The number of aliphatic imine (C=N–C) groups is 1. The van der Waals surface area contributed by atoms with Crippen molar-refractivity contribution in [3.63, 3.8) is 0 Å². The van der Waals surface area contributed by atoms with Crippen LogP contribution in [0.15, 0.2) is 23.2 Å². The van der Waals surface area contributed by atoms with Crippen molar-refractivity contribution in [3.8, 4) is 5.75 Å². The van der Waals surface area contributed by atoms with E-state index in [1.807, 2.05) is 13.8 Å². The maximum atomic E-state index is 12.0. The van der Waals surface area contributed by atoms with Crippen LogP contribution in [0, 0.1) is 0 Å². The number of hydrogen-bond acceptors (Lipinski definition) is 4. The van der Waals surface area contributed by atoms with Crippen LogP contribution >= 0.6 is 15.9 Å². The number of ether oxygens (including phenoxy) is 1. The number of hydrogen-bond donors (Lipinski definition) is 3. The number of nitrogens with one attached hydrogen (secondary N) is 1. The van der Waals surface area contributed by atoms with Crippen LogP contribution < -0.4 is 21.7 Å².